The fraction of sp³-hybridized carbons (Fsp3) is 0.188. The molecule has 1 amide bonds. The molecule has 0 bridgehead atoms. The average Bonchev–Trinajstić information content (AvgIpc) is 2.51. The lowest BCUT2D eigenvalue weighted by Gasteiger charge is -2.17. The summed E-state index contributed by atoms with van der Waals surface area (Å²) in [6.07, 6.45) is 0. The van der Waals surface area contributed by atoms with Crippen molar-refractivity contribution in [1.82, 2.24) is 4.90 Å². The van der Waals surface area contributed by atoms with Crippen molar-refractivity contribution in [1.29, 1.82) is 0 Å². The van der Waals surface area contributed by atoms with Crippen LogP contribution >= 0.6 is 11.6 Å². The Kier molecular flexibility index (Phi) is 6.00. The summed E-state index contributed by atoms with van der Waals surface area (Å²) < 4.78 is 26.5. The third-order valence-electron chi connectivity index (χ3n) is 3.30. The highest BCUT2D eigenvalue weighted by atomic mass is 35.5. The van der Waals surface area contributed by atoms with E-state index >= 15 is 0 Å². The van der Waals surface area contributed by atoms with Gasteiger partial charge in [-0.3, -0.25) is 19.8 Å². The summed E-state index contributed by atoms with van der Waals surface area (Å²) in [5, 5.41) is 13.3. The van der Waals surface area contributed by atoms with Gasteiger partial charge >= 0.3 is 0 Å². The van der Waals surface area contributed by atoms with E-state index in [0.717, 1.165) is 18.2 Å². The first-order valence-corrected chi connectivity index (χ1v) is 7.50. The Morgan fingerprint density at radius 1 is 1.28 bits per heavy atom. The van der Waals surface area contributed by atoms with Gasteiger partial charge in [0.2, 0.25) is 5.91 Å². The van der Waals surface area contributed by atoms with Gasteiger partial charge in [-0.15, -0.1) is 0 Å². The molecule has 2 aromatic carbocycles. The Hall–Kier alpha value is -2.58. The van der Waals surface area contributed by atoms with Crippen molar-refractivity contribution in [2.45, 2.75) is 6.54 Å². The molecule has 1 N–H and O–H groups in total. The lowest BCUT2D eigenvalue weighted by atomic mass is 10.2. The number of anilines is 1. The number of rotatable bonds is 6. The van der Waals surface area contributed by atoms with Gasteiger partial charge in [-0.1, -0.05) is 17.7 Å². The molecule has 6 nitrogen and oxygen atoms in total. The van der Waals surface area contributed by atoms with Crippen molar-refractivity contribution in [3.63, 3.8) is 0 Å². The van der Waals surface area contributed by atoms with Crippen molar-refractivity contribution >= 4 is 28.9 Å². The number of carbonyl (C=O) groups is 1. The van der Waals surface area contributed by atoms with Gasteiger partial charge in [0.15, 0.2) is 0 Å². The van der Waals surface area contributed by atoms with Crippen LogP contribution in [-0.4, -0.2) is 29.3 Å². The molecule has 0 atom stereocenters. The minimum absolute atomic E-state index is 0.0353. The Bertz CT molecular complexity index is 817. The summed E-state index contributed by atoms with van der Waals surface area (Å²) in [5.41, 5.74) is 0.155. The van der Waals surface area contributed by atoms with Crippen molar-refractivity contribution in [3.05, 3.63) is 68.7 Å². The number of hydrogen-bond donors (Lipinski definition) is 1. The number of halogens is 3. The van der Waals surface area contributed by atoms with Crippen molar-refractivity contribution in [2.75, 3.05) is 18.9 Å². The maximum Gasteiger partial charge on any atom is 0.289 e. The van der Waals surface area contributed by atoms with Crippen LogP contribution in [0.5, 0.6) is 0 Å². The standard InChI is InChI=1S/C16H14ClF2N3O3/c1-21(8-10-2-3-11(18)6-14(10)19)9-16(23)20-12-4-5-13(17)15(7-12)22(24)25/h2-7H,8-9H2,1H3,(H,20,23). The van der Waals surface area contributed by atoms with Crippen LogP contribution in [0.25, 0.3) is 0 Å². The Morgan fingerprint density at radius 2 is 2.00 bits per heavy atom. The fourth-order valence-electron chi connectivity index (χ4n) is 2.17. The SMILES string of the molecule is CN(CC(=O)Nc1ccc(Cl)c([N+](=O)[O-])c1)Cc1ccc(F)cc1F. The van der Waals surface area contributed by atoms with Gasteiger partial charge in [0.1, 0.15) is 16.7 Å². The first-order valence-electron chi connectivity index (χ1n) is 7.12. The number of benzene rings is 2. The normalized spacial score (nSPS) is 10.8. The molecule has 0 aliphatic rings. The monoisotopic (exact) mass is 369 g/mol. The molecule has 0 heterocycles. The van der Waals surface area contributed by atoms with Crippen molar-refractivity contribution < 1.29 is 18.5 Å². The predicted molar refractivity (Wildman–Crippen MR) is 89.4 cm³/mol. The maximum absolute atomic E-state index is 13.6. The molecule has 2 aromatic rings. The maximum atomic E-state index is 13.6. The summed E-state index contributed by atoms with van der Waals surface area (Å²) in [5.74, 6) is -1.81. The molecule has 0 spiro atoms. The third kappa shape index (κ3) is 5.20. The van der Waals surface area contributed by atoms with Gasteiger partial charge < -0.3 is 5.32 Å². The largest absolute Gasteiger partial charge is 0.325 e. The van der Waals surface area contributed by atoms with Crippen LogP contribution in [0.15, 0.2) is 36.4 Å². The molecule has 0 unspecified atom stereocenters. The number of amides is 1. The molecule has 9 heteroatoms. The van der Waals surface area contributed by atoms with E-state index in [1.807, 2.05) is 0 Å². The molecule has 0 saturated heterocycles. The molecular formula is C16H14ClF2N3O3. The first kappa shape index (κ1) is 18.8. The van der Waals surface area contributed by atoms with E-state index < -0.39 is 22.5 Å². The number of nitro benzene ring substituents is 1. The Labute approximate surface area is 147 Å². The highest BCUT2D eigenvalue weighted by molar-refractivity contribution is 6.32. The predicted octanol–water partition coefficient (Wildman–Crippen LogP) is 3.60. The first-order chi connectivity index (χ1) is 11.8. The summed E-state index contributed by atoms with van der Waals surface area (Å²) in [6, 6.07) is 7.12. The third-order valence-corrected chi connectivity index (χ3v) is 3.62. The van der Waals surface area contributed by atoms with E-state index in [2.05, 4.69) is 5.32 Å². The molecule has 25 heavy (non-hydrogen) atoms. The molecular weight excluding hydrogens is 356 g/mol. The number of nitro groups is 1. The second-order valence-electron chi connectivity index (χ2n) is 5.38. The van der Waals surface area contributed by atoms with Gasteiger partial charge in [-0.05, 0) is 25.2 Å². The van der Waals surface area contributed by atoms with Crippen LogP contribution in [0.2, 0.25) is 5.02 Å². The second kappa shape index (κ2) is 8.00. The Morgan fingerprint density at radius 3 is 2.64 bits per heavy atom. The molecule has 0 aromatic heterocycles. The zero-order chi connectivity index (χ0) is 18.6. The minimum atomic E-state index is -0.694. The minimum Gasteiger partial charge on any atom is -0.325 e. The van der Waals surface area contributed by atoms with Crippen LogP contribution < -0.4 is 5.32 Å². The number of hydrogen-bond acceptors (Lipinski definition) is 4. The van der Waals surface area contributed by atoms with E-state index in [-0.39, 0.29) is 35.1 Å². The summed E-state index contributed by atoms with van der Waals surface area (Å²) >= 11 is 5.70. The zero-order valence-electron chi connectivity index (χ0n) is 13.1. The molecule has 0 fully saturated rings. The topological polar surface area (TPSA) is 75.5 Å². The molecule has 0 saturated carbocycles. The number of carbonyl (C=O) groups excluding carboxylic acids is 1. The molecule has 0 aliphatic heterocycles. The fourth-order valence-corrected chi connectivity index (χ4v) is 2.36. The van der Waals surface area contributed by atoms with E-state index in [1.54, 1.807) is 7.05 Å². The number of likely N-dealkylation sites (N-methyl/N-ethyl adjacent to an activating group) is 1. The highest BCUT2D eigenvalue weighted by Crippen LogP contribution is 2.27. The van der Waals surface area contributed by atoms with E-state index in [4.69, 9.17) is 11.6 Å². The molecule has 2 rings (SSSR count). The van der Waals surface area contributed by atoms with Gasteiger partial charge in [0.05, 0.1) is 11.5 Å². The van der Waals surface area contributed by atoms with Gasteiger partial charge in [-0.2, -0.15) is 0 Å². The lowest BCUT2D eigenvalue weighted by molar-refractivity contribution is -0.384. The van der Waals surface area contributed by atoms with Gasteiger partial charge in [0, 0.05) is 29.9 Å². The lowest BCUT2D eigenvalue weighted by Crippen LogP contribution is -2.30. The summed E-state index contributed by atoms with van der Waals surface area (Å²) in [6.45, 7) is 0.00748. The molecule has 0 radical (unpaired) electrons. The summed E-state index contributed by atoms with van der Waals surface area (Å²) in [4.78, 5) is 23.7. The quantitative estimate of drug-likeness (QED) is 0.623. The average molecular weight is 370 g/mol. The molecule has 132 valence electrons. The second-order valence-corrected chi connectivity index (χ2v) is 5.79. The van der Waals surface area contributed by atoms with Crippen LogP contribution in [0.4, 0.5) is 20.2 Å². The van der Waals surface area contributed by atoms with Crippen molar-refractivity contribution in [3.8, 4) is 0 Å². The number of nitrogens with one attached hydrogen (secondary N) is 1. The highest BCUT2D eigenvalue weighted by Gasteiger charge is 2.15. The van der Waals surface area contributed by atoms with E-state index in [9.17, 15) is 23.7 Å². The van der Waals surface area contributed by atoms with E-state index in [0.29, 0.717) is 0 Å². The van der Waals surface area contributed by atoms with Crippen LogP contribution in [0.3, 0.4) is 0 Å². The van der Waals surface area contributed by atoms with Gasteiger partial charge in [0.25, 0.3) is 5.69 Å². The van der Waals surface area contributed by atoms with Crippen molar-refractivity contribution in [2.24, 2.45) is 0 Å². The summed E-state index contributed by atoms with van der Waals surface area (Å²) in [7, 11) is 1.59. The molecule has 0 aliphatic carbocycles. The number of nitrogens with zero attached hydrogens (tertiary/aromatic N) is 2. The van der Waals surface area contributed by atoms with Gasteiger partial charge in [-0.25, -0.2) is 8.78 Å². The van der Waals surface area contributed by atoms with Crippen LogP contribution in [0, 0.1) is 21.7 Å². The van der Waals surface area contributed by atoms with Crippen LogP contribution in [0.1, 0.15) is 5.56 Å². The Balaban J connectivity index is 1.97. The van der Waals surface area contributed by atoms with Crippen LogP contribution in [-0.2, 0) is 11.3 Å². The van der Waals surface area contributed by atoms with E-state index in [1.165, 1.54) is 23.1 Å². The smallest absolute Gasteiger partial charge is 0.289 e. The zero-order valence-corrected chi connectivity index (χ0v) is 13.9.